The maximum absolute atomic E-state index is 14.2. The summed E-state index contributed by atoms with van der Waals surface area (Å²) in [6.45, 7) is 6.46. The Morgan fingerprint density at radius 1 is 1.12 bits per heavy atom. The van der Waals surface area contributed by atoms with Crippen molar-refractivity contribution < 1.29 is 28.6 Å². The van der Waals surface area contributed by atoms with Gasteiger partial charge in [-0.2, -0.15) is 5.10 Å². The van der Waals surface area contributed by atoms with E-state index in [4.69, 9.17) is 19.2 Å². The van der Waals surface area contributed by atoms with E-state index in [0.717, 1.165) is 42.3 Å². The summed E-state index contributed by atoms with van der Waals surface area (Å²) >= 11 is 0. The first-order chi connectivity index (χ1) is 23.8. The quantitative estimate of drug-likeness (QED) is 0.0951. The summed E-state index contributed by atoms with van der Waals surface area (Å²) in [7, 11) is 3.35. The smallest absolute Gasteiger partial charge is 0.416 e. The van der Waals surface area contributed by atoms with Crippen molar-refractivity contribution in [1.82, 2.24) is 24.6 Å². The fourth-order valence-corrected chi connectivity index (χ4v) is 5.96. The third-order valence-electron chi connectivity index (χ3n) is 8.76. The van der Waals surface area contributed by atoms with Crippen LogP contribution in [-0.2, 0) is 20.7 Å². The third-order valence-corrected chi connectivity index (χ3v) is 8.76. The van der Waals surface area contributed by atoms with Crippen LogP contribution in [0.25, 0.3) is 16.7 Å². The predicted molar refractivity (Wildman–Crippen MR) is 187 cm³/mol. The Labute approximate surface area is 287 Å². The summed E-state index contributed by atoms with van der Waals surface area (Å²) in [6.07, 6.45) is 7.43. The van der Waals surface area contributed by atoms with Crippen LogP contribution in [0.15, 0.2) is 79.5 Å². The normalized spacial score (nSPS) is 14.8. The number of aryl methyl sites for hydroxylation is 1. The number of carbonyl (C=O) groups excluding carboxylic acids is 3. The number of nitrogens with zero attached hydrogens (tertiary/aromatic N) is 5. The Bertz CT molecular complexity index is 1760. The lowest BCUT2D eigenvalue weighted by molar-refractivity contribution is -0.140. The van der Waals surface area contributed by atoms with Gasteiger partial charge in [0.2, 0.25) is 11.8 Å². The third kappa shape index (κ3) is 9.04. The number of benzene rings is 2. The van der Waals surface area contributed by atoms with E-state index < -0.39 is 24.0 Å². The van der Waals surface area contributed by atoms with Crippen molar-refractivity contribution in [2.24, 2.45) is 5.92 Å². The number of hydrogen-bond donors (Lipinski definition) is 0. The molecule has 4 aromatic rings. The van der Waals surface area contributed by atoms with Crippen LogP contribution in [0.2, 0.25) is 0 Å². The summed E-state index contributed by atoms with van der Waals surface area (Å²) in [4.78, 5) is 48.2. The minimum absolute atomic E-state index is 0.0563. The largest absolute Gasteiger partial charge is 0.497 e. The van der Waals surface area contributed by atoms with E-state index in [1.807, 2.05) is 73.8 Å². The molecule has 0 unspecified atom stereocenters. The van der Waals surface area contributed by atoms with Gasteiger partial charge in [0, 0.05) is 43.7 Å². The average Bonchev–Trinajstić information content (AvgIpc) is 3.71. The second-order valence-corrected chi connectivity index (χ2v) is 12.4. The molecule has 5 rings (SSSR count). The Balaban J connectivity index is 1.36. The lowest BCUT2D eigenvalue weighted by Gasteiger charge is -2.26. The van der Waals surface area contributed by atoms with E-state index >= 15 is 0 Å². The predicted octanol–water partition coefficient (Wildman–Crippen LogP) is 6.31. The average molecular weight is 668 g/mol. The number of aromatic nitrogens is 3. The molecule has 0 saturated carbocycles. The minimum Gasteiger partial charge on any atom is -0.497 e. The first-order valence-corrected chi connectivity index (χ1v) is 16.8. The number of ether oxygens (including phenoxy) is 3. The van der Waals surface area contributed by atoms with Crippen molar-refractivity contribution in [3.8, 4) is 17.3 Å². The van der Waals surface area contributed by atoms with Gasteiger partial charge >= 0.3 is 6.09 Å². The number of rotatable bonds is 17. The molecule has 2 aromatic carbocycles. The van der Waals surface area contributed by atoms with Gasteiger partial charge in [0.05, 0.1) is 36.9 Å². The van der Waals surface area contributed by atoms with Crippen LogP contribution in [0.5, 0.6) is 11.5 Å². The summed E-state index contributed by atoms with van der Waals surface area (Å²) in [5, 5.41) is 5.26. The van der Waals surface area contributed by atoms with E-state index in [9.17, 15) is 14.4 Å². The molecule has 2 aromatic heterocycles. The van der Waals surface area contributed by atoms with Crippen molar-refractivity contribution >= 4 is 28.8 Å². The number of carbonyl (C=O) groups is 3. The Kier molecular flexibility index (Phi) is 12.0. The molecule has 3 amide bonds. The molecule has 1 fully saturated rings. The Morgan fingerprint density at radius 2 is 1.94 bits per heavy atom. The highest BCUT2D eigenvalue weighted by Gasteiger charge is 2.41. The number of imide groups is 1. The fourth-order valence-electron chi connectivity index (χ4n) is 5.96. The van der Waals surface area contributed by atoms with Crippen LogP contribution in [0.4, 0.5) is 4.79 Å². The Morgan fingerprint density at radius 3 is 2.67 bits per heavy atom. The molecule has 2 atom stereocenters. The van der Waals surface area contributed by atoms with Gasteiger partial charge in [0.1, 0.15) is 18.1 Å². The summed E-state index contributed by atoms with van der Waals surface area (Å²) in [5.74, 6) is 0.360. The molecular formula is C38H45N5O6. The van der Waals surface area contributed by atoms with E-state index in [0.29, 0.717) is 35.8 Å². The van der Waals surface area contributed by atoms with Crippen molar-refractivity contribution in [3.63, 3.8) is 0 Å². The highest BCUT2D eigenvalue weighted by Crippen LogP contribution is 2.31. The molecule has 0 N–H and O–H groups in total. The molecule has 49 heavy (non-hydrogen) atoms. The number of unbranched alkanes of at least 4 members (excludes halogenated alkanes) is 3. The molecule has 11 nitrogen and oxygen atoms in total. The summed E-state index contributed by atoms with van der Waals surface area (Å²) in [6, 6.07) is 18.4. The standard InChI is InChI=1S/C38H45N5O6/c1-5-6-7-8-12-19-41(3)36(44)23-29(37(45)43-30(26-49-38(43)46)22-28-13-10-9-11-14-28)18-21-48-34-25-35(42-20-17-27(2)40-42)39-33-24-31(47-4)15-16-32(33)34/h5,9-11,13-17,20,24-25,29-30H,1,6-8,12,18-19,21-23,26H2,2-4H3/t29-,30+/m1/s1. The van der Waals surface area contributed by atoms with Gasteiger partial charge in [-0.25, -0.2) is 19.4 Å². The highest BCUT2D eigenvalue weighted by atomic mass is 16.6. The molecule has 1 saturated heterocycles. The van der Waals surface area contributed by atoms with Gasteiger partial charge in [0.15, 0.2) is 5.82 Å². The van der Waals surface area contributed by atoms with Gasteiger partial charge in [-0.05, 0) is 62.8 Å². The molecule has 0 spiro atoms. The van der Waals surface area contributed by atoms with Crippen molar-refractivity contribution in [1.29, 1.82) is 0 Å². The van der Waals surface area contributed by atoms with Gasteiger partial charge < -0.3 is 19.1 Å². The van der Waals surface area contributed by atoms with Crippen LogP contribution in [-0.4, -0.2) is 82.4 Å². The number of amides is 3. The number of hydrogen-bond acceptors (Lipinski definition) is 8. The van der Waals surface area contributed by atoms with E-state index in [1.165, 1.54) is 4.90 Å². The molecule has 1 aliphatic heterocycles. The van der Waals surface area contributed by atoms with Gasteiger partial charge in [-0.3, -0.25) is 9.59 Å². The van der Waals surface area contributed by atoms with Crippen LogP contribution < -0.4 is 9.47 Å². The molecule has 3 heterocycles. The summed E-state index contributed by atoms with van der Waals surface area (Å²) < 4.78 is 18.8. The van der Waals surface area contributed by atoms with E-state index in [2.05, 4.69) is 11.7 Å². The molecule has 1 aliphatic rings. The molecule has 258 valence electrons. The first kappa shape index (κ1) is 35.1. The second-order valence-electron chi connectivity index (χ2n) is 12.4. The lowest BCUT2D eigenvalue weighted by atomic mass is 9.97. The minimum atomic E-state index is -0.805. The number of pyridine rings is 1. The van der Waals surface area contributed by atoms with Gasteiger partial charge in [-0.1, -0.05) is 42.8 Å². The zero-order valence-electron chi connectivity index (χ0n) is 28.5. The van der Waals surface area contributed by atoms with Crippen molar-refractivity contribution in [3.05, 3.63) is 90.8 Å². The van der Waals surface area contributed by atoms with Crippen LogP contribution in [0.3, 0.4) is 0 Å². The second kappa shape index (κ2) is 16.8. The van der Waals surface area contributed by atoms with E-state index in [-0.39, 0.29) is 32.0 Å². The number of fused-ring (bicyclic) bond motifs is 1. The Hall–Kier alpha value is -5.19. The van der Waals surface area contributed by atoms with Gasteiger partial charge in [-0.15, -0.1) is 6.58 Å². The fraction of sp³-hybridized carbons (Fsp3) is 0.395. The first-order valence-electron chi connectivity index (χ1n) is 16.8. The number of allylic oxidation sites excluding steroid dienone is 1. The lowest BCUT2D eigenvalue weighted by Crippen LogP contribution is -2.45. The monoisotopic (exact) mass is 667 g/mol. The van der Waals surface area contributed by atoms with Crippen molar-refractivity contribution in [2.75, 3.05) is 33.9 Å². The van der Waals surface area contributed by atoms with Crippen LogP contribution >= 0.6 is 0 Å². The molecule has 11 heteroatoms. The highest BCUT2D eigenvalue weighted by molar-refractivity contribution is 5.96. The molecule has 0 radical (unpaired) electrons. The maximum Gasteiger partial charge on any atom is 0.416 e. The summed E-state index contributed by atoms with van der Waals surface area (Å²) in [5.41, 5.74) is 2.48. The van der Waals surface area contributed by atoms with Crippen LogP contribution in [0.1, 0.15) is 49.8 Å². The van der Waals surface area contributed by atoms with Crippen LogP contribution in [0, 0.1) is 12.8 Å². The topological polar surface area (TPSA) is 116 Å². The molecule has 0 aliphatic carbocycles. The van der Waals surface area contributed by atoms with Gasteiger partial charge in [0.25, 0.3) is 0 Å². The number of cyclic esters (lactones) is 1. The van der Waals surface area contributed by atoms with Crippen molar-refractivity contribution in [2.45, 2.75) is 57.9 Å². The maximum atomic E-state index is 14.2. The molecule has 0 bridgehead atoms. The molecular weight excluding hydrogens is 622 g/mol. The number of methoxy groups -OCH3 is 1. The SMILES string of the molecule is C=CCCCCCN(C)C(=O)C[C@@H](CCOc1cc(-n2ccc(C)n2)nc2cc(OC)ccc12)C(=O)N1C(=O)OC[C@@H]1Cc1ccccc1. The zero-order valence-corrected chi connectivity index (χ0v) is 28.5. The van der Waals surface area contributed by atoms with E-state index in [1.54, 1.807) is 29.8 Å². The zero-order chi connectivity index (χ0) is 34.8.